The normalized spacial score (nSPS) is 35.5. The fraction of sp³-hybridized carbons (Fsp3) is 0.667. The number of fused-ring (bicyclic) bond motifs is 4. The lowest BCUT2D eigenvalue weighted by molar-refractivity contribution is -0.302. The van der Waals surface area contributed by atoms with E-state index in [0.717, 1.165) is 41.6 Å². The Morgan fingerprint density at radius 3 is 2.32 bits per heavy atom. The minimum Gasteiger partial charge on any atom is -0.488 e. The molecule has 4 aliphatic rings. The van der Waals surface area contributed by atoms with Crippen LogP contribution in [0.1, 0.15) is 112 Å². The average Bonchev–Trinajstić information content (AvgIpc) is 3.74. The molecule has 3 fully saturated rings. The number of Topliss-reactive ketones (excluding diaryl/α,β-unsaturated/α-hetero) is 2. The Hall–Kier alpha value is -4.18. The van der Waals surface area contributed by atoms with Gasteiger partial charge in [-0.15, -0.1) is 6.58 Å². The van der Waals surface area contributed by atoms with E-state index in [0.29, 0.717) is 37.7 Å². The number of amides is 1. The minimum atomic E-state index is -2.54. The summed E-state index contributed by atoms with van der Waals surface area (Å²) < 4.78 is 39.2. The van der Waals surface area contributed by atoms with Crippen molar-refractivity contribution in [1.82, 2.24) is 9.47 Å². The number of methoxy groups -OCH3 is 3. The summed E-state index contributed by atoms with van der Waals surface area (Å²) in [6.45, 7) is 15.9. The molecule has 0 radical (unpaired) electrons. The first-order valence-corrected chi connectivity index (χ1v) is 25.0. The van der Waals surface area contributed by atoms with Crippen molar-refractivity contribution in [3.05, 3.63) is 66.4 Å². The summed E-state index contributed by atoms with van der Waals surface area (Å²) in [5, 5.41) is 24.8. The molecular weight excluding hydrogens is 869 g/mol. The van der Waals surface area contributed by atoms with Crippen molar-refractivity contribution in [2.75, 3.05) is 27.9 Å². The molecule has 1 saturated carbocycles. The number of cyclic esters (lactones) is 1. The third kappa shape index (κ3) is 11.9. The van der Waals surface area contributed by atoms with E-state index in [1.54, 1.807) is 14.0 Å². The van der Waals surface area contributed by atoms with Crippen LogP contribution < -0.4 is 4.74 Å². The van der Waals surface area contributed by atoms with E-state index in [1.165, 1.54) is 19.1 Å². The fourth-order valence-corrected chi connectivity index (χ4v) is 11.2. The fourth-order valence-electron chi connectivity index (χ4n) is 11.2. The molecule has 14 nitrogen and oxygen atoms in total. The number of hydrogen-bond acceptors (Lipinski definition) is 12. The number of piperidine rings is 1. The highest BCUT2D eigenvalue weighted by Gasteiger charge is 2.56. The summed E-state index contributed by atoms with van der Waals surface area (Å²) in [6.07, 6.45) is 8.75. The van der Waals surface area contributed by atoms with E-state index in [-0.39, 0.29) is 62.1 Å². The number of carbonyl (C=O) groups is 4. The van der Waals surface area contributed by atoms with Gasteiger partial charge in [0.2, 0.25) is 5.79 Å². The molecule has 0 spiro atoms. The zero-order valence-corrected chi connectivity index (χ0v) is 41.9. The van der Waals surface area contributed by atoms with Crippen LogP contribution in [0.15, 0.2) is 66.4 Å². The number of esters is 1. The van der Waals surface area contributed by atoms with E-state index in [1.807, 2.05) is 59.0 Å². The second-order valence-electron chi connectivity index (χ2n) is 20.1. The predicted octanol–water partition coefficient (Wildman–Crippen LogP) is 7.70. The maximum atomic E-state index is 14.6. The Balaban J connectivity index is 1.28. The highest BCUT2D eigenvalue weighted by molar-refractivity contribution is 6.39. The van der Waals surface area contributed by atoms with Gasteiger partial charge in [-0.3, -0.25) is 14.4 Å². The number of aliphatic hydroxyl groups excluding tert-OH is 1. The first kappa shape index (κ1) is 53.2. The van der Waals surface area contributed by atoms with Gasteiger partial charge in [0.15, 0.2) is 0 Å². The van der Waals surface area contributed by atoms with Crippen LogP contribution >= 0.6 is 0 Å². The summed E-state index contributed by atoms with van der Waals surface area (Å²) in [6, 6.07) is 7.10. The van der Waals surface area contributed by atoms with Crippen molar-refractivity contribution in [2.45, 2.75) is 173 Å². The van der Waals surface area contributed by atoms with E-state index in [9.17, 15) is 29.4 Å². The van der Waals surface area contributed by atoms with Gasteiger partial charge < -0.3 is 48.1 Å². The predicted molar refractivity (Wildman–Crippen MR) is 259 cm³/mol. The number of aromatic nitrogens is 1. The average molecular weight is 947 g/mol. The smallest absolute Gasteiger partial charge is 0.329 e. The van der Waals surface area contributed by atoms with Crippen molar-refractivity contribution >= 4 is 34.3 Å². The second kappa shape index (κ2) is 23.6. The van der Waals surface area contributed by atoms with Gasteiger partial charge in [0.05, 0.1) is 24.4 Å². The Kier molecular flexibility index (Phi) is 18.5. The molecule has 6 rings (SSSR count). The van der Waals surface area contributed by atoms with Crippen LogP contribution in [0.3, 0.4) is 0 Å². The Labute approximate surface area is 403 Å². The van der Waals surface area contributed by atoms with Gasteiger partial charge in [-0.25, -0.2) is 4.79 Å². The van der Waals surface area contributed by atoms with Crippen molar-refractivity contribution in [2.24, 2.45) is 29.6 Å². The maximum absolute atomic E-state index is 14.6. The summed E-state index contributed by atoms with van der Waals surface area (Å²) in [5.74, 6) is -6.51. The van der Waals surface area contributed by atoms with Crippen LogP contribution in [0, 0.1) is 29.6 Å². The molecule has 3 aliphatic heterocycles. The molecule has 14 heteroatoms. The second-order valence-corrected chi connectivity index (χ2v) is 20.1. The molecule has 14 unspecified atom stereocenters. The van der Waals surface area contributed by atoms with Gasteiger partial charge >= 0.3 is 5.97 Å². The number of rotatable bonds is 10. The highest BCUT2D eigenvalue weighted by atomic mass is 16.7. The SMILES string of the molecule is C=CCn1ccc2cc(OC3CCC(C=C(C)C4OC(=O)C5CCCCN5C(=O)C(=O)C5(O)OC(C(OC)CC(C)C(O)C(C)=CC(CC)C(=O)CCC4C)C(OC)CC5C)CC3OC)ccc21. The van der Waals surface area contributed by atoms with Gasteiger partial charge in [-0.2, -0.15) is 0 Å². The molecule has 1 aromatic heterocycles. The first-order valence-electron chi connectivity index (χ1n) is 25.0. The molecule has 2 saturated heterocycles. The number of aliphatic hydroxyl groups is 2. The molecule has 2 aromatic rings. The summed E-state index contributed by atoms with van der Waals surface area (Å²) in [7, 11) is 4.69. The molecule has 4 heterocycles. The van der Waals surface area contributed by atoms with E-state index in [4.69, 9.17) is 28.4 Å². The molecule has 376 valence electrons. The van der Waals surface area contributed by atoms with Crippen molar-refractivity contribution in [3.63, 3.8) is 0 Å². The lowest BCUT2D eigenvalue weighted by Gasteiger charge is -2.47. The topological polar surface area (TPSA) is 172 Å². The molecule has 1 amide bonds. The number of ketones is 2. The Morgan fingerprint density at radius 2 is 1.63 bits per heavy atom. The van der Waals surface area contributed by atoms with E-state index in [2.05, 4.69) is 35.4 Å². The maximum Gasteiger partial charge on any atom is 0.329 e. The third-order valence-corrected chi connectivity index (χ3v) is 15.4. The van der Waals surface area contributed by atoms with Gasteiger partial charge in [-0.1, -0.05) is 45.9 Å². The Bertz CT molecular complexity index is 2150. The van der Waals surface area contributed by atoms with Gasteiger partial charge in [0, 0.05) is 69.8 Å². The zero-order valence-electron chi connectivity index (χ0n) is 41.9. The standard InChI is InChI=1S/C54H78N2O12/c1-11-23-55-25-22-39-31-40(18-19-41(39)55)66-44-21-17-37(30-45(44)63-8)26-35(6)49-32(3)16-20-43(57)38(12-2)27-33(4)48(58)34(5)28-46(64-9)50-47(65-10)29-36(7)54(62,68-50)51(59)52(60)56-24-14-13-15-42(56)53(61)67-49/h11,18-19,22,25-27,31-32,34,36-38,42,44-50,58,62H,1,12-17,20-21,23-24,28-30H2,2-10H3. The van der Waals surface area contributed by atoms with Gasteiger partial charge in [0.1, 0.15) is 35.9 Å². The minimum absolute atomic E-state index is 0.0233. The van der Waals surface area contributed by atoms with Gasteiger partial charge in [-0.05, 0) is 131 Å². The quantitative estimate of drug-likeness (QED) is 0.135. The number of carbonyl (C=O) groups excluding carboxylic acids is 4. The van der Waals surface area contributed by atoms with E-state index >= 15 is 0 Å². The number of hydrogen-bond donors (Lipinski definition) is 2. The van der Waals surface area contributed by atoms with Crippen LogP contribution in [-0.2, 0) is 49.4 Å². The number of nitrogens with zero attached hydrogens (tertiary/aromatic N) is 2. The molecule has 1 aromatic carbocycles. The van der Waals surface area contributed by atoms with Crippen molar-refractivity contribution in [3.8, 4) is 5.75 Å². The molecular formula is C54H78N2O12. The van der Waals surface area contributed by atoms with Crippen LogP contribution in [-0.4, -0.2) is 126 Å². The van der Waals surface area contributed by atoms with Crippen LogP contribution in [0.4, 0.5) is 0 Å². The monoisotopic (exact) mass is 947 g/mol. The Morgan fingerprint density at radius 1 is 0.912 bits per heavy atom. The molecule has 68 heavy (non-hydrogen) atoms. The van der Waals surface area contributed by atoms with Crippen LogP contribution in [0.2, 0.25) is 0 Å². The van der Waals surface area contributed by atoms with Crippen molar-refractivity contribution < 1.29 is 57.8 Å². The molecule has 2 bridgehead atoms. The summed E-state index contributed by atoms with van der Waals surface area (Å²) in [4.78, 5) is 58.6. The number of allylic oxidation sites excluding steroid dienone is 3. The molecule has 2 N–H and O–H groups in total. The summed E-state index contributed by atoms with van der Waals surface area (Å²) in [5.41, 5.74) is 2.57. The lowest BCUT2D eigenvalue weighted by atomic mass is 9.81. The number of benzene rings is 1. The highest BCUT2D eigenvalue weighted by Crippen LogP contribution is 2.40. The summed E-state index contributed by atoms with van der Waals surface area (Å²) >= 11 is 0. The van der Waals surface area contributed by atoms with Crippen LogP contribution in [0.25, 0.3) is 10.9 Å². The first-order chi connectivity index (χ1) is 32.5. The number of ether oxygens (including phenoxy) is 6. The van der Waals surface area contributed by atoms with Crippen LogP contribution in [0.5, 0.6) is 5.75 Å². The van der Waals surface area contributed by atoms with E-state index < -0.39 is 77.8 Å². The van der Waals surface area contributed by atoms with Gasteiger partial charge in [0.25, 0.3) is 11.7 Å². The third-order valence-electron chi connectivity index (χ3n) is 15.4. The largest absolute Gasteiger partial charge is 0.488 e. The lowest BCUT2D eigenvalue weighted by Crippen LogP contribution is -2.64. The van der Waals surface area contributed by atoms with Crippen molar-refractivity contribution in [1.29, 1.82) is 0 Å². The zero-order chi connectivity index (χ0) is 49.4. The molecule has 1 aliphatic carbocycles. The molecule has 14 atom stereocenters.